The molecular weight excluding hydrogens is 917 g/mol. The van der Waals surface area contributed by atoms with Crippen LogP contribution in [0.15, 0.2) is 153 Å². The van der Waals surface area contributed by atoms with Crippen molar-refractivity contribution in [3.63, 3.8) is 0 Å². The molecule has 6 aromatic rings. The lowest BCUT2D eigenvalue weighted by Gasteiger charge is -2.45. The molecule has 6 atom stereocenters. The number of nitrogens with zero attached hydrogens (tertiary/aromatic N) is 2. The van der Waals surface area contributed by atoms with Gasteiger partial charge in [-0.1, -0.05) is 184 Å². The van der Waals surface area contributed by atoms with Crippen LogP contribution in [-0.4, -0.2) is 71.9 Å². The van der Waals surface area contributed by atoms with Crippen molar-refractivity contribution in [2.24, 2.45) is 0 Å². The first kappa shape index (κ1) is 52.3. The average Bonchev–Trinajstić information content (AvgIpc) is 3.96. The third-order valence-electron chi connectivity index (χ3n) is 13.3. The van der Waals surface area contributed by atoms with Gasteiger partial charge in [-0.25, -0.2) is 9.59 Å². The van der Waals surface area contributed by atoms with E-state index < -0.39 is 58.2 Å². The maximum atomic E-state index is 12.6. The number of nitrogens with one attached hydrogen (secondary N) is 2. The van der Waals surface area contributed by atoms with Gasteiger partial charge >= 0.3 is 11.4 Å². The van der Waals surface area contributed by atoms with Crippen molar-refractivity contribution in [1.82, 2.24) is 19.1 Å². The normalized spacial score (nSPS) is 20.7. The molecule has 0 aliphatic carbocycles. The zero-order valence-corrected chi connectivity index (χ0v) is 44.3. The molecule has 3 N–H and O–H groups in total. The smallest absolute Gasteiger partial charge is 0.330 e. The van der Waals surface area contributed by atoms with Crippen LogP contribution >= 0.6 is 0 Å². The fourth-order valence-electron chi connectivity index (χ4n) is 9.95. The Morgan fingerprint density at radius 1 is 0.600 bits per heavy atom. The van der Waals surface area contributed by atoms with Crippen molar-refractivity contribution in [1.29, 1.82) is 0 Å². The zero-order valence-electron chi connectivity index (χ0n) is 43.3. The van der Waals surface area contributed by atoms with Crippen LogP contribution in [0.5, 0.6) is 0 Å². The second kappa shape index (κ2) is 22.7. The Kier molecular flexibility index (Phi) is 17.0. The van der Waals surface area contributed by atoms with E-state index in [1.54, 1.807) is 27.0 Å². The maximum absolute atomic E-state index is 12.6. The molecule has 4 heterocycles. The molecule has 2 fully saturated rings. The molecule has 2 saturated heterocycles. The van der Waals surface area contributed by atoms with Crippen LogP contribution in [-0.2, 0) is 18.3 Å². The summed E-state index contributed by atoms with van der Waals surface area (Å²) in [5, 5.41) is 14.5. The number of ether oxygens (including phenoxy) is 2. The van der Waals surface area contributed by atoms with Crippen molar-refractivity contribution in [3.8, 4) is 0 Å². The van der Waals surface area contributed by atoms with Gasteiger partial charge < -0.3 is 23.4 Å². The third-order valence-corrected chi connectivity index (χ3v) is 23.5. The second-order valence-electron chi connectivity index (χ2n) is 19.9. The van der Waals surface area contributed by atoms with Gasteiger partial charge in [0.1, 0.15) is 18.6 Å². The van der Waals surface area contributed by atoms with Gasteiger partial charge in [-0.2, -0.15) is 0 Å². The number of aliphatic hydroxyl groups excluding tert-OH is 1. The van der Waals surface area contributed by atoms with Gasteiger partial charge in [-0.3, -0.25) is 28.7 Å². The predicted molar refractivity (Wildman–Crippen MR) is 283 cm³/mol. The number of aryl methyl sites for hydroxylation is 2. The maximum Gasteiger partial charge on any atom is 0.330 e. The molecular formula is C55H72N4O9Si2. The summed E-state index contributed by atoms with van der Waals surface area (Å²) in [6.45, 7) is 20.8. The molecule has 4 aromatic carbocycles. The molecule has 0 saturated carbocycles. The molecule has 0 spiro atoms. The summed E-state index contributed by atoms with van der Waals surface area (Å²) in [6, 6.07) is 41.6. The van der Waals surface area contributed by atoms with Crippen LogP contribution in [0.1, 0.15) is 107 Å². The van der Waals surface area contributed by atoms with Crippen LogP contribution in [0.3, 0.4) is 0 Å². The summed E-state index contributed by atoms with van der Waals surface area (Å²) in [5.74, 6) is 0. The fraction of sp³-hybridized carbons (Fsp3) is 0.418. The molecule has 0 bridgehead atoms. The van der Waals surface area contributed by atoms with Crippen LogP contribution in [0, 0.1) is 13.8 Å². The van der Waals surface area contributed by atoms with Crippen molar-refractivity contribution < 1.29 is 24.8 Å². The summed E-state index contributed by atoms with van der Waals surface area (Å²) in [6.07, 6.45) is 2.22. The highest BCUT2D eigenvalue weighted by Gasteiger charge is 2.55. The number of benzene rings is 4. The van der Waals surface area contributed by atoms with Gasteiger partial charge in [0.15, 0.2) is 0 Å². The van der Waals surface area contributed by atoms with Gasteiger partial charge in [0, 0.05) is 37.7 Å². The van der Waals surface area contributed by atoms with Gasteiger partial charge in [-0.05, 0) is 51.1 Å². The first-order valence-electron chi connectivity index (χ1n) is 24.9. The SMILES string of the molecule is CC[C@H]1O[C@@H](n2cc(C)c(=O)[nH]c2=O)C[C@H]1O[Si](c1ccccc1)(c1ccccc1)C(C)(C)C.Cc1cn([C@H]2C[C@@H](O[Si](c3ccccc3)(c3ccccc3)C(C)(C)C)[C@@H](CO)O2)c(=O)[nH]c1=O.[2H]CC. The van der Waals surface area contributed by atoms with E-state index in [1.165, 1.54) is 25.7 Å². The summed E-state index contributed by atoms with van der Waals surface area (Å²) in [5.41, 5.74) is -0.887. The summed E-state index contributed by atoms with van der Waals surface area (Å²) >= 11 is 0. The quantitative estimate of drug-likeness (QED) is 0.115. The highest BCUT2D eigenvalue weighted by molar-refractivity contribution is 7.00. The number of hydrogen-bond donors (Lipinski definition) is 3. The third kappa shape index (κ3) is 11.0. The first-order valence-corrected chi connectivity index (χ1v) is 28.0. The Balaban J connectivity index is 0.000000220. The molecule has 70 heavy (non-hydrogen) atoms. The molecule has 374 valence electrons. The predicted octanol–water partition coefficient (Wildman–Crippen LogP) is 6.58. The molecule has 2 aliphatic heterocycles. The standard InChI is InChI=1S/C27H34N2O4Si.C26H32N2O5Si.C2H6/c1-6-22-23(17-24(32-22)29-18-19(2)25(30)28-26(29)31)33-34(27(3,4)5,20-13-9-7-10-14-20)21-15-11-8-12-16-21;1-18-16-28(25(31)27-24(18)30)23-15-21(22(17-29)32-23)33-34(26(2,3)4,19-11-7-5-8-12-19)20-13-9-6-10-14-20;1-2/h7-16,18,22-24H,6,17H2,1-5H3,(H,28,30,31);5-14,16,21-23,29H,15,17H2,1-4H3,(H,27,30,31);1-2H3/t22-,23-,24-;21-,22-,23-;/m11./s1/i;;1D. The average molecular weight is 990 g/mol. The van der Waals surface area contributed by atoms with Gasteiger partial charge in [0.2, 0.25) is 0 Å². The van der Waals surface area contributed by atoms with Crippen LogP contribution in [0.2, 0.25) is 10.1 Å². The highest BCUT2D eigenvalue weighted by Crippen LogP contribution is 2.43. The number of aliphatic hydroxyl groups is 1. The van der Waals surface area contributed by atoms with E-state index >= 15 is 0 Å². The van der Waals surface area contributed by atoms with Crippen molar-refractivity contribution >= 4 is 37.4 Å². The number of rotatable bonds is 12. The zero-order chi connectivity index (χ0) is 51.7. The van der Waals surface area contributed by atoms with Crippen LogP contribution < -0.4 is 43.2 Å². The van der Waals surface area contributed by atoms with Gasteiger partial charge in [-0.15, -0.1) is 0 Å². The highest BCUT2D eigenvalue weighted by atomic mass is 28.4. The lowest BCUT2D eigenvalue weighted by atomic mass is 10.1. The Bertz CT molecular complexity index is 2610. The van der Waals surface area contributed by atoms with Gasteiger partial charge in [0.05, 0.1) is 24.9 Å². The minimum Gasteiger partial charge on any atom is -0.402 e. The second-order valence-corrected chi connectivity index (χ2v) is 28.4. The number of aromatic amines is 2. The van der Waals surface area contributed by atoms with E-state index in [2.05, 4.69) is 131 Å². The van der Waals surface area contributed by atoms with E-state index in [-0.39, 0.29) is 34.5 Å². The van der Waals surface area contributed by atoms with Crippen molar-refractivity contribution in [2.45, 2.75) is 142 Å². The summed E-state index contributed by atoms with van der Waals surface area (Å²) < 4.78 is 36.0. The Labute approximate surface area is 415 Å². The fourth-order valence-corrected chi connectivity index (χ4v) is 19.4. The summed E-state index contributed by atoms with van der Waals surface area (Å²) in [7, 11) is -5.63. The lowest BCUT2D eigenvalue weighted by molar-refractivity contribution is -0.0434. The Hall–Kier alpha value is -5.53. The first-order chi connectivity index (χ1) is 33.8. The molecule has 8 rings (SSSR count). The topological polar surface area (TPSA) is 167 Å². The van der Waals surface area contributed by atoms with E-state index in [1.807, 2.05) is 48.5 Å². The number of H-pyrrole nitrogens is 2. The minimum atomic E-state index is -2.87. The van der Waals surface area contributed by atoms with E-state index in [4.69, 9.17) is 19.7 Å². The molecule has 2 aromatic heterocycles. The molecule has 15 heteroatoms. The monoisotopic (exact) mass is 989 g/mol. The van der Waals surface area contributed by atoms with Crippen LogP contribution in [0.4, 0.5) is 0 Å². The van der Waals surface area contributed by atoms with E-state index in [0.717, 1.165) is 16.8 Å². The van der Waals surface area contributed by atoms with Crippen LogP contribution in [0.25, 0.3) is 0 Å². The molecule has 2 aliphatic rings. The number of hydrogen-bond acceptors (Lipinski definition) is 9. The Morgan fingerprint density at radius 3 is 1.19 bits per heavy atom. The van der Waals surface area contributed by atoms with E-state index in [9.17, 15) is 24.3 Å². The largest absolute Gasteiger partial charge is 0.402 e. The van der Waals surface area contributed by atoms with Crippen molar-refractivity contribution in [3.05, 3.63) is 187 Å². The molecule has 0 amide bonds. The minimum absolute atomic E-state index is 0.155. The number of aromatic nitrogens is 4. The Morgan fingerprint density at radius 2 is 0.900 bits per heavy atom. The van der Waals surface area contributed by atoms with E-state index in [0.29, 0.717) is 30.9 Å². The summed E-state index contributed by atoms with van der Waals surface area (Å²) in [4.78, 5) is 53.5. The molecule has 0 radical (unpaired) electrons. The van der Waals surface area contributed by atoms with Gasteiger partial charge in [0.25, 0.3) is 27.8 Å². The van der Waals surface area contributed by atoms with Crippen molar-refractivity contribution in [2.75, 3.05) is 6.61 Å². The lowest BCUT2D eigenvalue weighted by Crippen LogP contribution is -2.68. The molecule has 13 nitrogen and oxygen atoms in total. The molecule has 0 unspecified atom stereocenters.